The predicted molar refractivity (Wildman–Crippen MR) is 105 cm³/mol. The van der Waals surface area contributed by atoms with Crippen LogP contribution in [0.4, 0.5) is 5.69 Å². The molecule has 0 saturated carbocycles. The number of rotatable bonds is 6. The van der Waals surface area contributed by atoms with E-state index in [-0.39, 0.29) is 11.7 Å². The second kappa shape index (κ2) is 8.49. The number of para-hydroxylation sites is 1. The van der Waals surface area contributed by atoms with Gasteiger partial charge in [0.1, 0.15) is 10.8 Å². The number of amides is 1. The summed E-state index contributed by atoms with van der Waals surface area (Å²) in [5.74, 6) is 1.64. The molecule has 0 aliphatic rings. The molecule has 1 amide bonds. The van der Waals surface area contributed by atoms with E-state index in [1.807, 2.05) is 67.6 Å². The summed E-state index contributed by atoms with van der Waals surface area (Å²) in [5, 5.41) is 3.64. The molecule has 26 heavy (non-hydrogen) atoms. The average molecular weight is 365 g/mol. The number of nitrogens with one attached hydrogen (secondary N) is 1. The molecule has 0 fully saturated rings. The Morgan fingerprint density at radius 2 is 1.81 bits per heavy atom. The molecule has 3 rings (SSSR count). The first-order valence-electron chi connectivity index (χ1n) is 8.12. The molecule has 0 atom stereocenters. The number of anilines is 1. The lowest BCUT2D eigenvalue weighted by atomic mass is 10.2. The number of ether oxygens (including phenoxy) is 1. The number of methoxy groups -OCH3 is 1. The number of nitrogens with zero attached hydrogens (tertiary/aromatic N) is 2. The lowest BCUT2D eigenvalue weighted by Gasteiger charge is -2.07. The van der Waals surface area contributed by atoms with Gasteiger partial charge in [0.15, 0.2) is 5.82 Å². The van der Waals surface area contributed by atoms with Crippen molar-refractivity contribution >= 4 is 23.4 Å². The first kappa shape index (κ1) is 17.9. The Morgan fingerprint density at radius 1 is 1.08 bits per heavy atom. The Labute approximate surface area is 156 Å². The molecule has 0 aliphatic heterocycles. The molecule has 132 valence electrons. The van der Waals surface area contributed by atoms with E-state index >= 15 is 0 Å². The molecule has 5 nitrogen and oxygen atoms in total. The second-order valence-electron chi connectivity index (χ2n) is 5.60. The summed E-state index contributed by atoms with van der Waals surface area (Å²) in [4.78, 5) is 21.2. The van der Waals surface area contributed by atoms with Crippen LogP contribution in [-0.2, 0) is 4.79 Å². The highest BCUT2D eigenvalue weighted by molar-refractivity contribution is 7.99. The third-order valence-corrected chi connectivity index (χ3v) is 4.50. The van der Waals surface area contributed by atoms with Gasteiger partial charge in [0.25, 0.3) is 0 Å². The molecule has 0 saturated heterocycles. The molecular formula is C20H19N3O2S. The number of carbonyl (C=O) groups excluding carboxylic acids is 1. The fourth-order valence-corrected chi connectivity index (χ4v) is 3.10. The summed E-state index contributed by atoms with van der Waals surface area (Å²) in [6, 6.07) is 18.9. The lowest BCUT2D eigenvalue weighted by Crippen LogP contribution is -2.14. The zero-order chi connectivity index (χ0) is 18.4. The number of carbonyl (C=O) groups is 1. The van der Waals surface area contributed by atoms with Crippen molar-refractivity contribution in [3.8, 4) is 17.1 Å². The Kier molecular flexibility index (Phi) is 5.86. The number of benzene rings is 2. The summed E-state index contributed by atoms with van der Waals surface area (Å²) in [5.41, 5.74) is 2.55. The second-order valence-corrected chi connectivity index (χ2v) is 6.60. The van der Waals surface area contributed by atoms with Gasteiger partial charge in [0, 0.05) is 16.9 Å². The summed E-state index contributed by atoms with van der Waals surface area (Å²) in [6.45, 7) is 1.92. The maximum Gasteiger partial charge on any atom is 0.234 e. The standard InChI is InChI=1S/C20H19N3O2S/c1-14-12-19(26-13-18(24)22-16-6-4-3-5-7-16)23-20(21-14)15-8-10-17(25-2)11-9-15/h3-12H,13H2,1-2H3,(H,22,24). The molecule has 0 spiro atoms. The van der Waals surface area contributed by atoms with Crippen LogP contribution in [0.1, 0.15) is 5.69 Å². The van der Waals surface area contributed by atoms with Crippen molar-refractivity contribution in [2.75, 3.05) is 18.2 Å². The highest BCUT2D eigenvalue weighted by atomic mass is 32.2. The van der Waals surface area contributed by atoms with E-state index in [0.29, 0.717) is 5.82 Å². The van der Waals surface area contributed by atoms with Crippen LogP contribution < -0.4 is 10.1 Å². The molecule has 3 aromatic rings. The highest BCUT2D eigenvalue weighted by Gasteiger charge is 2.09. The van der Waals surface area contributed by atoms with Crippen LogP contribution in [0.2, 0.25) is 0 Å². The van der Waals surface area contributed by atoms with E-state index in [1.165, 1.54) is 11.8 Å². The van der Waals surface area contributed by atoms with Crippen molar-refractivity contribution in [1.82, 2.24) is 9.97 Å². The molecule has 2 aromatic carbocycles. The van der Waals surface area contributed by atoms with Gasteiger partial charge in [-0.25, -0.2) is 9.97 Å². The van der Waals surface area contributed by atoms with Gasteiger partial charge in [-0.2, -0.15) is 0 Å². The largest absolute Gasteiger partial charge is 0.497 e. The smallest absolute Gasteiger partial charge is 0.234 e. The van der Waals surface area contributed by atoms with Crippen molar-refractivity contribution in [2.24, 2.45) is 0 Å². The van der Waals surface area contributed by atoms with Gasteiger partial charge >= 0.3 is 0 Å². The van der Waals surface area contributed by atoms with E-state index in [1.54, 1.807) is 7.11 Å². The molecule has 0 radical (unpaired) electrons. The van der Waals surface area contributed by atoms with Gasteiger partial charge in [0.05, 0.1) is 12.9 Å². The maximum atomic E-state index is 12.1. The third-order valence-electron chi connectivity index (χ3n) is 3.59. The summed E-state index contributed by atoms with van der Waals surface area (Å²) < 4.78 is 5.18. The molecule has 6 heteroatoms. The normalized spacial score (nSPS) is 10.4. The predicted octanol–water partition coefficient (Wildman–Crippen LogP) is 4.19. The Morgan fingerprint density at radius 3 is 2.50 bits per heavy atom. The molecule has 1 aromatic heterocycles. The fourth-order valence-electron chi connectivity index (χ4n) is 2.34. The molecule has 0 aliphatic carbocycles. The first-order valence-corrected chi connectivity index (χ1v) is 9.10. The summed E-state index contributed by atoms with van der Waals surface area (Å²) in [7, 11) is 1.63. The van der Waals surface area contributed by atoms with E-state index in [4.69, 9.17) is 4.74 Å². The van der Waals surface area contributed by atoms with Crippen molar-refractivity contribution in [1.29, 1.82) is 0 Å². The van der Waals surface area contributed by atoms with E-state index in [2.05, 4.69) is 15.3 Å². The van der Waals surface area contributed by atoms with Gasteiger partial charge < -0.3 is 10.1 Å². The van der Waals surface area contributed by atoms with E-state index in [0.717, 1.165) is 27.7 Å². The number of hydrogen-bond acceptors (Lipinski definition) is 5. The SMILES string of the molecule is COc1ccc(-c2nc(C)cc(SCC(=O)Nc3ccccc3)n2)cc1. The molecule has 0 bridgehead atoms. The number of aryl methyl sites for hydroxylation is 1. The zero-order valence-electron chi connectivity index (χ0n) is 14.6. The van der Waals surface area contributed by atoms with Crippen LogP contribution in [0.5, 0.6) is 5.75 Å². The lowest BCUT2D eigenvalue weighted by molar-refractivity contribution is -0.113. The van der Waals surface area contributed by atoms with Crippen molar-refractivity contribution in [2.45, 2.75) is 11.9 Å². The van der Waals surface area contributed by atoms with Crippen molar-refractivity contribution in [3.63, 3.8) is 0 Å². The average Bonchev–Trinajstić information content (AvgIpc) is 2.67. The van der Waals surface area contributed by atoms with Crippen molar-refractivity contribution in [3.05, 3.63) is 66.4 Å². The fraction of sp³-hybridized carbons (Fsp3) is 0.150. The molecule has 1 heterocycles. The first-order chi connectivity index (χ1) is 12.6. The minimum Gasteiger partial charge on any atom is -0.497 e. The minimum atomic E-state index is -0.0662. The quantitative estimate of drug-likeness (QED) is 0.524. The number of thioether (sulfide) groups is 1. The van der Waals surface area contributed by atoms with Crippen LogP contribution in [0.25, 0.3) is 11.4 Å². The van der Waals surface area contributed by atoms with E-state index in [9.17, 15) is 4.79 Å². The molecule has 0 unspecified atom stereocenters. The molecule has 1 N–H and O–H groups in total. The highest BCUT2D eigenvalue weighted by Crippen LogP contribution is 2.23. The van der Waals surface area contributed by atoms with Gasteiger partial charge in [-0.15, -0.1) is 0 Å². The Bertz CT molecular complexity index is 883. The zero-order valence-corrected chi connectivity index (χ0v) is 15.4. The third kappa shape index (κ3) is 4.83. The molecular weight excluding hydrogens is 346 g/mol. The topological polar surface area (TPSA) is 64.1 Å². The van der Waals surface area contributed by atoms with E-state index < -0.39 is 0 Å². The monoisotopic (exact) mass is 365 g/mol. The van der Waals surface area contributed by atoms with Gasteiger partial charge in [-0.1, -0.05) is 30.0 Å². The van der Waals surface area contributed by atoms with Gasteiger partial charge in [0.2, 0.25) is 5.91 Å². The van der Waals surface area contributed by atoms with Gasteiger partial charge in [-0.05, 0) is 49.4 Å². The summed E-state index contributed by atoms with van der Waals surface area (Å²) in [6.07, 6.45) is 0. The summed E-state index contributed by atoms with van der Waals surface area (Å²) >= 11 is 1.39. The van der Waals surface area contributed by atoms with Crippen molar-refractivity contribution < 1.29 is 9.53 Å². The van der Waals surface area contributed by atoms with Crippen LogP contribution in [0.15, 0.2) is 65.7 Å². The number of aromatic nitrogens is 2. The maximum absolute atomic E-state index is 12.1. The van der Waals surface area contributed by atoms with Crippen LogP contribution in [0.3, 0.4) is 0 Å². The Balaban J connectivity index is 1.68. The van der Waals surface area contributed by atoms with Crippen LogP contribution >= 0.6 is 11.8 Å². The van der Waals surface area contributed by atoms with Crippen LogP contribution in [0, 0.1) is 6.92 Å². The van der Waals surface area contributed by atoms with Crippen LogP contribution in [-0.4, -0.2) is 28.7 Å². The number of hydrogen-bond donors (Lipinski definition) is 1. The van der Waals surface area contributed by atoms with Gasteiger partial charge in [-0.3, -0.25) is 4.79 Å². The Hall–Kier alpha value is -2.86. The minimum absolute atomic E-state index is 0.0662.